The Balaban J connectivity index is 2.18. The summed E-state index contributed by atoms with van der Waals surface area (Å²) in [6, 6.07) is 2.32. The van der Waals surface area contributed by atoms with Gasteiger partial charge in [0.05, 0.1) is 4.90 Å². The fraction of sp³-hybridized carbons (Fsp3) is 0.500. The lowest BCUT2D eigenvalue weighted by Crippen LogP contribution is -2.36. The van der Waals surface area contributed by atoms with Crippen molar-refractivity contribution in [2.24, 2.45) is 0 Å². The summed E-state index contributed by atoms with van der Waals surface area (Å²) in [6.45, 7) is 0. The van der Waals surface area contributed by atoms with E-state index in [0.717, 1.165) is 38.2 Å². The zero-order valence-corrected chi connectivity index (χ0v) is 11.2. The molecule has 1 aromatic heterocycles. The molecule has 0 amide bonds. The summed E-state index contributed by atoms with van der Waals surface area (Å²) in [7, 11) is -3.67. The van der Waals surface area contributed by atoms with Gasteiger partial charge in [-0.25, -0.2) is 22.9 Å². The lowest BCUT2D eigenvalue weighted by molar-refractivity contribution is 0.0690. The molecule has 1 aliphatic rings. The Bertz CT molecular complexity index is 565. The molecule has 0 bridgehead atoms. The second-order valence-corrected chi connectivity index (χ2v) is 6.35. The molecule has 7 heteroatoms. The number of aromatic carboxylic acids is 1. The highest BCUT2D eigenvalue weighted by atomic mass is 32.2. The molecule has 1 aliphatic carbocycles. The van der Waals surface area contributed by atoms with Crippen LogP contribution in [0.4, 0.5) is 0 Å². The first-order chi connectivity index (χ1) is 8.99. The summed E-state index contributed by atoms with van der Waals surface area (Å²) in [5, 5.41) is 8.82. The number of carboxylic acid groups (broad SMARTS) is 1. The van der Waals surface area contributed by atoms with Crippen LogP contribution in [0.3, 0.4) is 0 Å². The summed E-state index contributed by atoms with van der Waals surface area (Å²) in [5.41, 5.74) is -0.272. The van der Waals surface area contributed by atoms with Gasteiger partial charge < -0.3 is 5.11 Å². The Morgan fingerprint density at radius 1 is 1.32 bits per heavy atom. The Hall–Kier alpha value is -1.47. The van der Waals surface area contributed by atoms with E-state index in [1.807, 2.05) is 0 Å². The summed E-state index contributed by atoms with van der Waals surface area (Å²) >= 11 is 0. The third-order valence-electron chi connectivity index (χ3n) is 3.19. The molecule has 0 aliphatic heterocycles. The predicted molar refractivity (Wildman–Crippen MR) is 68.4 cm³/mol. The maximum absolute atomic E-state index is 12.1. The number of nitrogens with zero attached hydrogens (tertiary/aromatic N) is 1. The van der Waals surface area contributed by atoms with E-state index in [2.05, 4.69) is 9.71 Å². The maximum Gasteiger partial charge on any atom is 0.354 e. The fourth-order valence-electron chi connectivity index (χ4n) is 2.20. The van der Waals surface area contributed by atoms with Crippen molar-refractivity contribution in [1.29, 1.82) is 0 Å². The van der Waals surface area contributed by atoms with E-state index in [-0.39, 0.29) is 16.6 Å². The third kappa shape index (κ3) is 3.51. The molecule has 6 nitrogen and oxygen atoms in total. The van der Waals surface area contributed by atoms with Gasteiger partial charge in [-0.05, 0) is 25.0 Å². The molecule has 104 valence electrons. The van der Waals surface area contributed by atoms with Crippen molar-refractivity contribution in [3.63, 3.8) is 0 Å². The van der Waals surface area contributed by atoms with Crippen molar-refractivity contribution in [2.45, 2.75) is 43.0 Å². The van der Waals surface area contributed by atoms with Crippen LogP contribution < -0.4 is 4.72 Å². The predicted octanol–water partition coefficient (Wildman–Crippen LogP) is 1.39. The van der Waals surface area contributed by atoms with E-state index in [0.29, 0.717) is 0 Å². The lowest BCUT2D eigenvalue weighted by Gasteiger charge is -2.22. The number of sulfonamides is 1. The largest absolute Gasteiger partial charge is 0.477 e. The summed E-state index contributed by atoms with van der Waals surface area (Å²) in [6.07, 6.45) is 6.02. The molecule has 0 unspecified atom stereocenters. The Morgan fingerprint density at radius 2 is 2.00 bits per heavy atom. The Morgan fingerprint density at radius 3 is 2.63 bits per heavy atom. The van der Waals surface area contributed by atoms with Crippen LogP contribution in [-0.2, 0) is 10.0 Å². The highest BCUT2D eigenvalue weighted by Crippen LogP contribution is 2.20. The number of rotatable bonds is 4. The van der Waals surface area contributed by atoms with Crippen molar-refractivity contribution in [3.05, 3.63) is 24.0 Å². The number of hydrogen-bond donors (Lipinski definition) is 2. The van der Waals surface area contributed by atoms with E-state index in [4.69, 9.17) is 5.11 Å². The van der Waals surface area contributed by atoms with Gasteiger partial charge in [-0.15, -0.1) is 0 Å². The molecular weight excluding hydrogens is 268 g/mol. The molecule has 0 atom stereocenters. The molecule has 0 spiro atoms. The minimum absolute atomic E-state index is 0.0505. The van der Waals surface area contributed by atoms with E-state index in [9.17, 15) is 13.2 Å². The average Bonchev–Trinajstić information content (AvgIpc) is 2.39. The smallest absolute Gasteiger partial charge is 0.354 e. The van der Waals surface area contributed by atoms with Gasteiger partial charge in [0.1, 0.15) is 5.69 Å². The molecule has 19 heavy (non-hydrogen) atoms. The summed E-state index contributed by atoms with van der Waals surface area (Å²) in [4.78, 5) is 14.3. The van der Waals surface area contributed by atoms with Gasteiger partial charge in [-0.1, -0.05) is 19.3 Å². The number of carboxylic acids is 1. The standard InChI is InChI=1S/C12H16N2O4S/c15-12(16)11-8-10(6-7-13-11)19(17,18)14-9-4-2-1-3-5-9/h6-9,14H,1-5H2,(H,15,16). The van der Waals surface area contributed by atoms with E-state index >= 15 is 0 Å². The number of nitrogens with one attached hydrogen (secondary N) is 1. The molecule has 1 heterocycles. The molecule has 0 saturated heterocycles. The monoisotopic (exact) mass is 284 g/mol. The van der Waals surface area contributed by atoms with Crippen LogP contribution in [0.25, 0.3) is 0 Å². The van der Waals surface area contributed by atoms with Crippen LogP contribution in [0.1, 0.15) is 42.6 Å². The van der Waals surface area contributed by atoms with Crippen LogP contribution in [0.5, 0.6) is 0 Å². The van der Waals surface area contributed by atoms with Crippen molar-refractivity contribution in [1.82, 2.24) is 9.71 Å². The molecular formula is C12H16N2O4S. The first-order valence-electron chi connectivity index (χ1n) is 6.21. The van der Waals surface area contributed by atoms with Gasteiger partial charge in [0.2, 0.25) is 10.0 Å². The van der Waals surface area contributed by atoms with Crippen LogP contribution in [0, 0.1) is 0 Å². The molecule has 2 N–H and O–H groups in total. The van der Waals surface area contributed by atoms with Crippen LogP contribution in [-0.4, -0.2) is 30.5 Å². The van der Waals surface area contributed by atoms with Gasteiger partial charge in [0.15, 0.2) is 0 Å². The highest BCUT2D eigenvalue weighted by molar-refractivity contribution is 7.89. The second-order valence-electron chi connectivity index (χ2n) is 4.64. The maximum atomic E-state index is 12.1. The Labute approximate surface area is 111 Å². The van der Waals surface area contributed by atoms with Crippen molar-refractivity contribution in [3.8, 4) is 0 Å². The van der Waals surface area contributed by atoms with E-state index in [1.165, 1.54) is 12.3 Å². The van der Waals surface area contributed by atoms with Crippen molar-refractivity contribution < 1.29 is 18.3 Å². The Kier molecular flexibility index (Phi) is 4.16. The van der Waals surface area contributed by atoms with Gasteiger partial charge in [-0.3, -0.25) is 0 Å². The normalized spacial score (nSPS) is 17.3. The number of hydrogen-bond acceptors (Lipinski definition) is 4. The minimum atomic E-state index is -3.67. The SMILES string of the molecule is O=C(O)c1cc(S(=O)(=O)NC2CCCCC2)ccn1. The molecule has 1 aromatic rings. The molecule has 1 fully saturated rings. The first-order valence-corrected chi connectivity index (χ1v) is 7.69. The number of pyridine rings is 1. The highest BCUT2D eigenvalue weighted by Gasteiger charge is 2.22. The second kappa shape index (κ2) is 5.66. The van der Waals surface area contributed by atoms with Crippen molar-refractivity contribution in [2.75, 3.05) is 0 Å². The van der Waals surface area contributed by atoms with Gasteiger partial charge in [-0.2, -0.15) is 0 Å². The van der Waals surface area contributed by atoms with Gasteiger partial charge in [0, 0.05) is 12.2 Å². The minimum Gasteiger partial charge on any atom is -0.477 e. The average molecular weight is 284 g/mol. The molecule has 0 radical (unpaired) electrons. The van der Waals surface area contributed by atoms with Gasteiger partial charge >= 0.3 is 5.97 Å². The quantitative estimate of drug-likeness (QED) is 0.871. The third-order valence-corrected chi connectivity index (χ3v) is 4.71. The topological polar surface area (TPSA) is 96.4 Å². The van der Waals surface area contributed by atoms with Crippen LogP contribution in [0.2, 0.25) is 0 Å². The number of aromatic nitrogens is 1. The van der Waals surface area contributed by atoms with E-state index in [1.54, 1.807) is 0 Å². The molecule has 1 saturated carbocycles. The van der Waals surface area contributed by atoms with E-state index < -0.39 is 16.0 Å². The van der Waals surface area contributed by atoms with Crippen LogP contribution in [0.15, 0.2) is 23.2 Å². The van der Waals surface area contributed by atoms with Crippen LogP contribution >= 0.6 is 0 Å². The molecule has 0 aromatic carbocycles. The summed E-state index contributed by atoms with van der Waals surface area (Å²) < 4.78 is 26.9. The molecule has 2 rings (SSSR count). The zero-order valence-electron chi connectivity index (χ0n) is 10.4. The first kappa shape index (κ1) is 14.0. The zero-order chi connectivity index (χ0) is 13.9. The number of carbonyl (C=O) groups is 1. The lowest BCUT2D eigenvalue weighted by atomic mass is 9.96. The van der Waals surface area contributed by atoms with Gasteiger partial charge in [0.25, 0.3) is 0 Å². The van der Waals surface area contributed by atoms with Crippen molar-refractivity contribution >= 4 is 16.0 Å². The fourth-order valence-corrected chi connectivity index (χ4v) is 3.52. The summed E-state index contributed by atoms with van der Waals surface area (Å²) in [5.74, 6) is -1.24.